The Morgan fingerprint density at radius 2 is 1.83 bits per heavy atom. The zero-order valence-electron chi connectivity index (χ0n) is 10.2. The van der Waals surface area contributed by atoms with Gasteiger partial charge in [0.25, 0.3) is 0 Å². The van der Waals surface area contributed by atoms with E-state index in [1.807, 2.05) is 0 Å². The molecule has 0 fully saturated rings. The fourth-order valence-electron chi connectivity index (χ4n) is 1.60. The molecule has 0 spiro atoms. The van der Waals surface area contributed by atoms with Crippen molar-refractivity contribution in [1.82, 2.24) is 0 Å². The fourth-order valence-corrected chi connectivity index (χ4v) is 2.55. The lowest BCUT2D eigenvalue weighted by Gasteiger charge is -2.14. The van der Waals surface area contributed by atoms with E-state index in [1.54, 1.807) is 0 Å². The Morgan fingerprint density at radius 3 is 2.22 bits per heavy atom. The molecule has 0 aliphatic rings. The Balaban J connectivity index is 3.36. The minimum absolute atomic E-state index is 0.258. The van der Waals surface area contributed by atoms with Crippen molar-refractivity contribution in [2.45, 2.75) is 18.8 Å². The third-order valence-corrected chi connectivity index (χ3v) is 3.37. The maximum atomic E-state index is 13.4. The molecule has 1 unspecified atom stereocenters. The van der Waals surface area contributed by atoms with Crippen molar-refractivity contribution in [2.24, 2.45) is 0 Å². The maximum absolute atomic E-state index is 13.4. The summed E-state index contributed by atoms with van der Waals surface area (Å²) >= 11 is 0. The topological polar surface area (TPSA) is 52.6 Å². The van der Waals surface area contributed by atoms with Gasteiger partial charge >= 0.3 is 0 Å². The molecule has 0 bridgehead atoms. The van der Waals surface area contributed by atoms with Crippen LogP contribution in [0.2, 0.25) is 0 Å². The molecule has 0 aromatic heterocycles. The molecule has 0 radical (unpaired) electrons. The average Bonchev–Trinajstić information content (AvgIpc) is 2.26. The standard InChI is InChI=1S/C11H14ClFO4S/c1-7(13)9-4-8(6-18(12,14)15)10(16-2)5-11(9)17-3/h4-5,7H,6H2,1-3H3. The van der Waals surface area contributed by atoms with E-state index in [4.69, 9.17) is 20.2 Å². The van der Waals surface area contributed by atoms with Crippen LogP contribution in [-0.4, -0.2) is 22.6 Å². The number of halogens is 2. The van der Waals surface area contributed by atoms with Crippen molar-refractivity contribution in [3.8, 4) is 11.5 Å². The first-order valence-corrected chi connectivity index (χ1v) is 7.57. The van der Waals surface area contributed by atoms with Gasteiger partial charge < -0.3 is 9.47 Å². The molecule has 0 amide bonds. The Kier molecular flexibility index (Phi) is 4.81. The van der Waals surface area contributed by atoms with Crippen molar-refractivity contribution in [3.63, 3.8) is 0 Å². The van der Waals surface area contributed by atoms with Crippen molar-refractivity contribution in [2.75, 3.05) is 14.2 Å². The third-order valence-electron chi connectivity index (χ3n) is 2.39. The summed E-state index contributed by atoms with van der Waals surface area (Å²) in [4.78, 5) is 0. The second-order valence-electron chi connectivity index (χ2n) is 3.71. The zero-order chi connectivity index (χ0) is 13.9. The maximum Gasteiger partial charge on any atom is 0.236 e. The average molecular weight is 297 g/mol. The van der Waals surface area contributed by atoms with E-state index in [0.29, 0.717) is 17.1 Å². The highest BCUT2D eigenvalue weighted by atomic mass is 35.7. The number of benzene rings is 1. The number of rotatable bonds is 5. The van der Waals surface area contributed by atoms with Crippen LogP contribution in [0.4, 0.5) is 4.39 Å². The Hall–Kier alpha value is -1.01. The molecule has 1 rings (SSSR count). The minimum Gasteiger partial charge on any atom is -0.496 e. The molecular weight excluding hydrogens is 283 g/mol. The van der Waals surface area contributed by atoms with Gasteiger partial charge in [0.2, 0.25) is 9.05 Å². The van der Waals surface area contributed by atoms with Gasteiger partial charge in [0.1, 0.15) is 17.7 Å². The molecule has 0 aliphatic heterocycles. The van der Waals surface area contributed by atoms with E-state index in [0.717, 1.165) is 0 Å². The van der Waals surface area contributed by atoms with E-state index in [-0.39, 0.29) is 5.56 Å². The number of alkyl halides is 1. The van der Waals surface area contributed by atoms with Gasteiger partial charge in [-0.25, -0.2) is 12.8 Å². The predicted molar refractivity (Wildman–Crippen MR) is 67.5 cm³/mol. The highest BCUT2D eigenvalue weighted by molar-refractivity contribution is 8.13. The largest absolute Gasteiger partial charge is 0.496 e. The molecule has 1 aromatic rings. The monoisotopic (exact) mass is 296 g/mol. The van der Waals surface area contributed by atoms with Gasteiger partial charge in [-0.15, -0.1) is 0 Å². The lowest BCUT2D eigenvalue weighted by Crippen LogP contribution is -2.02. The van der Waals surface area contributed by atoms with Gasteiger partial charge in [-0.05, 0) is 13.0 Å². The molecule has 0 saturated carbocycles. The van der Waals surface area contributed by atoms with Gasteiger partial charge in [0.15, 0.2) is 0 Å². The van der Waals surface area contributed by atoms with Crippen LogP contribution in [0.3, 0.4) is 0 Å². The summed E-state index contributed by atoms with van der Waals surface area (Å²) in [5.74, 6) is 0.166. The van der Waals surface area contributed by atoms with Crippen LogP contribution in [0, 0.1) is 0 Å². The molecule has 1 atom stereocenters. The quantitative estimate of drug-likeness (QED) is 0.784. The molecule has 0 heterocycles. The molecule has 0 aliphatic carbocycles. The number of hydrogen-bond acceptors (Lipinski definition) is 4. The van der Waals surface area contributed by atoms with Crippen molar-refractivity contribution in [3.05, 3.63) is 23.3 Å². The third kappa shape index (κ3) is 3.74. The first-order chi connectivity index (χ1) is 8.28. The number of ether oxygens (including phenoxy) is 2. The molecule has 0 N–H and O–H groups in total. The second-order valence-corrected chi connectivity index (χ2v) is 6.48. The van der Waals surface area contributed by atoms with Crippen LogP contribution in [0.25, 0.3) is 0 Å². The summed E-state index contributed by atoms with van der Waals surface area (Å²) in [5.41, 5.74) is 0.557. The summed E-state index contributed by atoms with van der Waals surface area (Å²) in [5, 5.41) is 0. The van der Waals surface area contributed by atoms with Gasteiger partial charge in [0.05, 0.1) is 20.0 Å². The van der Waals surface area contributed by atoms with Crippen LogP contribution in [0.5, 0.6) is 11.5 Å². The molecule has 4 nitrogen and oxygen atoms in total. The van der Waals surface area contributed by atoms with Crippen LogP contribution in [0.15, 0.2) is 12.1 Å². The molecule has 18 heavy (non-hydrogen) atoms. The highest BCUT2D eigenvalue weighted by Gasteiger charge is 2.18. The lowest BCUT2D eigenvalue weighted by atomic mass is 10.1. The molecule has 0 saturated heterocycles. The van der Waals surface area contributed by atoms with Crippen LogP contribution >= 0.6 is 10.7 Å². The van der Waals surface area contributed by atoms with E-state index in [2.05, 4.69) is 0 Å². The summed E-state index contributed by atoms with van der Waals surface area (Å²) in [6.45, 7) is 1.34. The summed E-state index contributed by atoms with van der Waals surface area (Å²) in [6.07, 6.45) is -1.29. The summed E-state index contributed by atoms with van der Waals surface area (Å²) in [7, 11) is 4.24. The van der Waals surface area contributed by atoms with E-state index in [9.17, 15) is 12.8 Å². The molecule has 7 heteroatoms. The Labute approximate surface area is 110 Å². The highest BCUT2D eigenvalue weighted by Crippen LogP contribution is 2.35. The molecule has 1 aromatic carbocycles. The van der Waals surface area contributed by atoms with Crippen molar-refractivity contribution in [1.29, 1.82) is 0 Å². The van der Waals surface area contributed by atoms with Crippen LogP contribution < -0.4 is 9.47 Å². The van der Waals surface area contributed by atoms with Crippen molar-refractivity contribution >= 4 is 19.7 Å². The minimum atomic E-state index is -3.74. The fraction of sp³-hybridized carbons (Fsp3) is 0.455. The van der Waals surface area contributed by atoms with Crippen LogP contribution in [-0.2, 0) is 14.8 Å². The number of hydrogen-bond donors (Lipinski definition) is 0. The van der Waals surface area contributed by atoms with Gasteiger partial charge in [-0.1, -0.05) is 0 Å². The van der Waals surface area contributed by atoms with Crippen molar-refractivity contribution < 1.29 is 22.3 Å². The normalized spacial score (nSPS) is 13.2. The number of methoxy groups -OCH3 is 2. The Morgan fingerprint density at radius 1 is 1.28 bits per heavy atom. The van der Waals surface area contributed by atoms with Gasteiger partial charge in [0, 0.05) is 27.9 Å². The van der Waals surface area contributed by atoms with E-state index in [1.165, 1.54) is 33.3 Å². The first-order valence-electron chi connectivity index (χ1n) is 5.09. The predicted octanol–water partition coefficient (Wildman–Crippen LogP) is 2.80. The van der Waals surface area contributed by atoms with Crippen LogP contribution in [0.1, 0.15) is 24.2 Å². The van der Waals surface area contributed by atoms with E-state index >= 15 is 0 Å². The van der Waals surface area contributed by atoms with E-state index < -0.39 is 21.0 Å². The smallest absolute Gasteiger partial charge is 0.236 e. The SMILES string of the molecule is COc1cc(OC)c(C(C)F)cc1CS(=O)(=O)Cl. The molecule has 102 valence electrons. The zero-order valence-corrected chi connectivity index (χ0v) is 11.8. The lowest BCUT2D eigenvalue weighted by molar-refractivity contribution is 0.342. The molecular formula is C11H14ClFO4S. The van der Waals surface area contributed by atoms with Gasteiger partial charge in [-0.2, -0.15) is 0 Å². The first kappa shape index (κ1) is 15.0. The van der Waals surface area contributed by atoms with Gasteiger partial charge in [-0.3, -0.25) is 0 Å². The summed E-state index contributed by atoms with van der Waals surface area (Å²) < 4.78 is 45.7. The Bertz CT molecular complexity index is 528. The summed E-state index contributed by atoms with van der Waals surface area (Å²) in [6, 6.07) is 2.84. The second kappa shape index (κ2) is 5.75.